The fourth-order valence-corrected chi connectivity index (χ4v) is 2.96. The second-order valence-electron chi connectivity index (χ2n) is 4.86. The van der Waals surface area contributed by atoms with Crippen molar-refractivity contribution >= 4 is 23.1 Å². The number of thiophene rings is 1. The first-order chi connectivity index (χ1) is 10.6. The molecule has 0 aliphatic carbocycles. The number of hydrogen-bond donors (Lipinski definition) is 1. The molecule has 0 unspecified atom stereocenters. The van der Waals surface area contributed by atoms with Crippen molar-refractivity contribution in [2.45, 2.75) is 6.92 Å². The van der Waals surface area contributed by atoms with Crippen LogP contribution in [0.2, 0.25) is 0 Å². The molecule has 1 aromatic carbocycles. The van der Waals surface area contributed by atoms with Gasteiger partial charge in [-0.1, -0.05) is 29.8 Å². The molecule has 2 N–H and O–H groups in total. The number of aromatic nitrogens is 2. The lowest BCUT2D eigenvalue weighted by Gasteiger charge is -2.04. The third kappa shape index (κ3) is 2.48. The molecule has 0 saturated heterocycles. The minimum atomic E-state index is -0.392. The molecule has 2 heterocycles. The number of rotatable bonds is 3. The van der Waals surface area contributed by atoms with Gasteiger partial charge in [-0.25, -0.2) is 9.48 Å². The molecule has 112 valence electrons. The van der Waals surface area contributed by atoms with Crippen molar-refractivity contribution in [2.75, 3.05) is 12.8 Å². The summed E-state index contributed by atoms with van der Waals surface area (Å²) >= 11 is 1.30. The van der Waals surface area contributed by atoms with Crippen molar-refractivity contribution in [3.63, 3.8) is 0 Å². The van der Waals surface area contributed by atoms with Crippen LogP contribution < -0.4 is 5.73 Å². The monoisotopic (exact) mass is 313 g/mol. The molecule has 0 amide bonds. The molecule has 0 atom stereocenters. The highest BCUT2D eigenvalue weighted by Crippen LogP contribution is 2.27. The summed E-state index contributed by atoms with van der Waals surface area (Å²) in [7, 11) is 1.36. The average molecular weight is 313 g/mol. The van der Waals surface area contributed by atoms with Crippen molar-refractivity contribution in [1.29, 1.82) is 0 Å². The number of esters is 1. The number of nitrogens with two attached hydrogens (primary N) is 1. The van der Waals surface area contributed by atoms with Gasteiger partial charge in [0.05, 0.1) is 18.5 Å². The predicted molar refractivity (Wildman–Crippen MR) is 87.4 cm³/mol. The van der Waals surface area contributed by atoms with E-state index in [1.807, 2.05) is 36.6 Å². The van der Waals surface area contributed by atoms with Crippen LogP contribution in [0.5, 0.6) is 0 Å². The maximum atomic E-state index is 11.8. The fraction of sp³-hybridized carbons (Fsp3) is 0.125. The Labute approximate surface area is 132 Å². The minimum Gasteiger partial charge on any atom is -0.465 e. The molecule has 0 saturated carbocycles. The highest BCUT2D eigenvalue weighted by Gasteiger charge is 2.18. The van der Waals surface area contributed by atoms with Crippen LogP contribution in [0.1, 0.15) is 15.2 Å². The van der Waals surface area contributed by atoms with E-state index in [0.717, 1.165) is 11.3 Å². The standard InChI is InChI=1S/C16H15N3O2S/c1-10-3-5-11(6-4-10)12-9-14(17)19(18-12)13-7-8-22-15(13)16(20)21-2/h3-9H,17H2,1-2H3. The van der Waals surface area contributed by atoms with Gasteiger partial charge in [0.15, 0.2) is 0 Å². The highest BCUT2D eigenvalue weighted by atomic mass is 32.1. The number of nitrogen functional groups attached to an aromatic ring is 1. The molecule has 0 fully saturated rings. The number of nitrogens with zero attached hydrogens (tertiary/aromatic N) is 2. The Morgan fingerprint density at radius 3 is 2.68 bits per heavy atom. The number of aryl methyl sites for hydroxylation is 1. The molecule has 6 heteroatoms. The zero-order valence-corrected chi connectivity index (χ0v) is 13.1. The highest BCUT2D eigenvalue weighted by molar-refractivity contribution is 7.12. The summed E-state index contributed by atoms with van der Waals surface area (Å²) in [5.74, 6) is 0.0795. The SMILES string of the molecule is COC(=O)c1sccc1-n1nc(-c2ccc(C)cc2)cc1N. The van der Waals surface area contributed by atoms with E-state index in [1.54, 1.807) is 16.8 Å². The lowest BCUT2D eigenvalue weighted by atomic mass is 10.1. The van der Waals surface area contributed by atoms with Crippen LogP contribution in [0.15, 0.2) is 41.8 Å². The molecule has 3 aromatic rings. The van der Waals surface area contributed by atoms with Crippen molar-refractivity contribution in [2.24, 2.45) is 0 Å². The molecule has 0 bridgehead atoms. The molecule has 0 spiro atoms. The van der Waals surface area contributed by atoms with Crippen molar-refractivity contribution in [3.8, 4) is 16.9 Å². The maximum Gasteiger partial charge on any atom is 0.350 e. The Bertz CT molecular complexity index is 818. The van der Waals surface area contributed by atoms with Gasteiger partial charge in [0.2, 0.25) is 0 Å². The van der Waals surface area contributed by atoms with Crippen LogP contribution in [-0.2, 0) is 4.74 Å². The summed E-state index contributed by atoms with van der Waals surface area (Å²) in [5, 5.41) is 6.33. The Morgan fingerprint density at radius 1 is 1.27 bits per heavy atom. The first kappa shape index (κ1) is 14.3. The molecule has 0 aliphatic rings. The van der Waals surface area contributed by atoms with E-state index in [1.165, 1.54) is 24.0 Å². The Morgan fingerprint density at radius 2 is 2.00 bits per heavy atom. The minimum absolute atomic E-state index is 0.392. The van der Waals surface area contributed by atoms with Gasteiger partial charge in [-0.05, 0) is 18.4 Å². The number of carbonyl (C=O) groups excluding carboxylic acids is 1. The smallest absolute Gasteiger partial charge is 0.350 e. The van der Waals surface area contributed by atoms with Gasteiger partial charge in [0.1, 0.15) is 10.7 Å². The molecule has 2 aromatic heterocycles. The van der Waals surface area contributed by atoms with Crippen molar-refractivity contribution in [3.05, 3.63) is 52.2 Å². The number of ether oxygens (including phenoxy) is 1. The first-order valence-electron chi connectivity index (χ1n) is 6.69. The van der Waals surface area contributed by atoms with Gasteiger partial charge in [-0.2, -0.15) is 5.10 Å². The number of benzene rings is 1. The predicted octanol–water partition coefficient (Wildman–Crippen LogP) is 3.28. The van der Waals surface area contributed by atoms with E-state index >= 15 is 0 Å². The number of methoxy groups -OCH3 is 1. The van der Waals surface area contributed by atoms with E-state index in [-0.39, 0.29) is 0 Å². The zero-order chi connectivity index (χ0) is 15.7. The Hall–Kier alpha value is -2.60. The van der Waals surface area contributed by atoms with Gasteiger partial charge in [0, 0.05) is 11.6 Å². The lowest BCUT2D eigenvalue weighted by Crippen LogP contribution is -2.07. The van der Waals surface area contributed by atoms with Crippen LogP contribution in [0.3, 0.4) is 0 Å². The summed E-state index contributed by atoms with van der Waals surface area (Å²) in [6, 6.07) is 11.6. The Balaban J connectivity index is 2.05. The first-order valence-corrected chi connectivity index (χ1v) is 7.57. The van der Waals surface area contributed by atoms with E-state index in [2.05, 4.69) is 5.10 Å². The molecular weight excluding hydrogens is 298 g/mol. The summed E-state index contributed by atoms with van der Waals surface area (Å²) in [5.41, 5.74) is 9.62. The molecule has 5 nitrogen and oxygen atoms in total. The van der Waals surface area contributed by atoms with E-state index < -0.39 is 5.97 Å². The quantitative estimate of drug-likeness (QED) is 0.753. The van der Waals surface area contributed by atoms with Crippen LogP contribution in [0, 0.1) is 6.92 Å². The third-order valence-corrected chi connectivity index (χ3v) is 4.21. The van der Waals surface area contributed by atoms with E-state index in [0.29, 0.717) is 16.4 Å². The molecule has 0 radical (unpaired) electrons. The van der Waals surface area contributed by atoms with Gasteiger partial charge < -0.3 is 10.5 Å². The number of carbonyl (C=O) groups is 1. The van der Waals surface area contributed by atoms with Crippen LogP contribution in [0.4, 0.5) is 5.82 Å². The van der Waals surface area contributed by atoms with E-state index in [9.17, 15) is 4.79 Å². The van der Waals surface area contributed by atoms with Crippen molar-refractivity contribution in [1.82, 2.24) is 9.78 Å². The van der Waals surface area contributed by atoms with Gasteiger partial charge >= 0.3 is 5.97 Å². The topological polar surface area (TPSA) is 70.1 Å². The van der Waals surface area contributed by atoms with Crippen LogP contribution in [-0.4, -0.2) is 22.9 Å². The summed E-state index contributed by atoms with van der Waals surface area (Å²) in [4.78, 5) is 12.3. The van der Waals surface area contributed by atoms with Crippen molar-refractivity contribution < 1.29 is 9.53 Å². The fourth-order valence-electron chi connectivity index (χ4n) is 2.17. The second kappa shape index (κ2) is 5.65. The van der Waals surface area contributed by atoms with Crippen LogP contribution >= 0.6 is 11.3 Å². The number of hydrogen-bond acceptors (Lipinski definition) is 5. The summed E-state index contributed by atoms with van der Waals surface area (Å²) in [6.45, 7) is 2.03. The largest absolute Gasteiger partial charge is 0.465 e. The van der Waals surface area contributed by atoms with Gasteiger partial charge in [-0.3, -0.25) is 0 Å². The maximum absolute atomic E-state index is 11.8. The molecule has 3 rings (SSSR count). The molecular formula is C16H15N3O2S. The molecule has 22 heavy (non-hydrogen) atoms. The normalized spacial score (nSPS) is 10.6. The van der Waals surface area contributed by atoms with Crippen LogP contribution in [0.25, 0.3) is 16.9 Å². The average Bonchev–Trinajstić information content (AvgIpc) is 3.13. The zero-order valence-electron chi connectivity index (χ0n) is 12.2. The molecule has 0 aliphatic heterocycles. The third-order valence-electron chi connectivity index (χ3n) is 3.33. The van der Waals surface area contributed by atoms with E-state index in [4.69, 9.17) is 10.5 Å². The lowest BCUT2D eigenvalue weighted by molar-refractivity contribution is 0.0606. The van der Waals surface area contributed by atoms with Gasteiger partial charge in [0.25, 0.3) is 0 Å². The summed E-state index contributed by atoms with van der Waals surface area (Å²) in [6.07, 6.45) is 0. The summed E-state index contributed by atoms with van der Waals surface area (Å²) < 4.78 is 6.36. The number of anilines is 1. The second-order valence-corrected chi connectivity index (χ2v) is 5.77. The Kier molecular flexibility index (Phi) is 3.68. The van der Waals surface area contributed by atoms with Gasteiger partial charge in [-0.15, -0.1) is 11.3 Å².